The summed E-state index contributed by atoms with van der Waals surface area (Å²) in [5.74, 6) is 0. The third kappa shape index (κ3) is 3.03. The van der Waals surface area contributed by atoms with Crippen LogP contribution in [0.3, 0.4) is 0 Å². The first-order valence-corrected chi connectivity index (χ1v) is 5.00. The number of ether oxygens (including phenoxy) is 1. The molecule has 1 aliphatic carbocycles. The van der Waals surface area contributed by atoms with E-state index in [1.165, 1.54) is 0 Å². The van der Waals surface area contributed by atoms with Gasteiger partial charge in [-0.3, -0.25) is 5.21 Å². The lowest BCUT2D eigenvalue weighted by molar-refractivity contribution is -0.728. The van der Waals surface area contributed by atoms with Gasteiger partial charge >= 0.3 is 0 Å². The third-order valence-electron chi connectivity index (χ3n) is 2.41. The molecule has 0 radical (unpaired) electrons. The summed E-state index contributed by atoms with van der Waals surface area (Å²) >= 11 is 0. The first-order valence-electron chi connectivity index (χ1n) is 5.00. The minimum atomic E-state index is -0.203. The predicted molar refractivity (Wildman–Crippen MR) is 53.4 cm³/mol. The normalized spacial score (nSPS) is 25.9. The molecule has 1 unspecified atom stereocenters. The molecule has 1 N–H and O–H groups in total. The minimum absolute atomic E-state index is 0.0300. The Hall–Kier alpha value is -1.03. The van der Waals surface area contributed by atoms with Crippen molar-refractivity contribution < 1.29 is 14.8 Å². The zero-order valence-electron chi connectivity index (χ0n) is 8.32. The van der Waals surface area contributed by atoms with Crippen molar-refractivity contribution in [2.75, 3.05) is 6.61 Å². The molecule has 0 heterocycles. The van der Waals surface area contributed by atoms with Crippen LogP contribution in [-0.4, -0.2) is 28.5 Å². The Morgan fingerprint density at radius 1 is 1.64 bits per heavy atom. The zero-order valence-corrected chi connectivity index (χ0v) is 8.32. The Kier molecular flexibility index (Phi) is 4.46. The van der Waals surface area contributed by atoms with E-state index >= 15 is 0 Å². The largest absolute Gasteiger partial charge is 0.418 e. The van der Waals surface area contributed by atoms with Crippen molar-refractivity contribution in [3.05, 3.63) is 17.9 Å². The molecular formula is C10H17NO3. The van der Waals surface area contributed by atoms with E-state index in [2.05, 4.69) is 6.58 Å². The van der Waals surface area contributed by atoms with Gasteiger partial charge in [0.05, 0.1) is 6.61 Å². The van der Waals surface area contributed by atoms with Crippen molar-refractivity contribution in [3.8, 4) is 0 Å². The summed E-state index contributed by atoms with van der Waals surface area (Å²) in [4.78, 5) is -0.0300. The number of rotatable bonds is 4. The highest BCUT2D eigenvalue weighted by atomic mass is 16.8. The van der Waals surface area contributed by atoms with Crippen LogP contribution in [0, 0.1) is 5.21 Å². The van der Waals surface area contributed by atoms with E-state index in [1.807, 2.05) is 0 Å². The van der Waals surface area contributed by atoms with E-state index in [0.717, 1.165) is 25.7 Å². The Labute approximate surface area is 84.0 Å². The highest BCUT2D eigenvalue weighted by Gasteiger charge is 2.28. The fraction of sp³-hybridized carbons (Fsp3) is 0.700. The molecule has 1 aliphatic rings. The first-order chi connectivity index (χ1) is 6.75. The van der Waals surface area contributed by atoms with Crippen molar-refractivity contribution >= 4 is 5.71 Å². The van der Waals surface area contributed by atoms with Gasteiger partial charge in [0, 0.05) is 11.3 Å². The van der Waals surface area contributed by atoms with E-state index in [4.69, 9.17) is 9.94 Å². The summed E-state index contributed by atoms with van der Waals surface area (Å²) in [7, 11) is 0. The Balaban J connectivity index is 2.46. The summed E-state index contributed by atoms with van der Waals surface area (Å²) in [6.07, 6.45) is 5.81. The molecule has 0 aromatic rings. The average molecular weight is 199 g/mol. The lowest BCUT2D eigenvalue weighted by atomic mass is 9.95. The van der Waals surface area contributed by atoms with Gasteiger partial charge in [0.1, 0.15) is 6.10 Å². The van der Waals surface area contributed by atoms with Gasteiger partial charge in [0.15, 0.2) is 0 Å². The molecule has 0 bridgehead atoms. The van der Waals surface area contributed by atoms with Crippen LogP contribution in [0.25, 0.3) is 0 Å². The Bertz CT molecular complexity index is 221. The number of nitrogens with zero attached hydrogens (tertiary/aromatic N) is 1. The molecule has 0 saturated heterocycles. The molecule has 0 amide bonds. The van der Waals surface area contributed by atoms with Gasteiger partial charge in [-0.2, -0.15) is 0 Å². The molecule has 0 spiro atoms. The van der Waals surface area contributed by atoms with Crippen LogP contribution in [0.1, 0.15) is 32.1 Å². The zero-order chi connectivity index (χ0) is 10.4. The van der Waals surface area contributed by atoms with E-state index in [0.29, 0.717) is 18.7 Å². The van der Waals surface area contributed by atoms with E-state index in [9.17, 15) is 5.21 Å². The Morgan fingerprint density at radius 2 is 2.43 bits per heavy atom. The molecule has 0 aliphatic heterocycles. The maximum atomic E-state index is 10.8. The van der Waals surface area contributed by atoms with Crippen LogP contribution in [0.15, 0.2) is 12.7 Å². The second-order valence-electron chi connectivity index (χ2n) is 3.45. The van der Waals surface area contributed by atoms with Gasteiger partial charge < -0.3 is 9.94 Å². The summed E-state index contributed by atoms with van der Waals surface area (Å²) in [5.41, 5.74) is 0.459. The average Bonchev–Trinajstić information content (AvgIpc) is 2.19. The number of hydrogen-bond donors (Lipinski definition) is 1. The molecule has 80 valence electrons. The van der Waals surface area contributed by atoms with Crippen molar-refractivity contribution in [1.29, 1.82) is 0 Å². The monoisotopic (exact) mass is 199 g/mol. The van der Waals surface area contributed by atoms with Crippen molar-refractivity contribution in [2.45, 2.75) is 38.2 Å². The van der Waals surface area contributed by atoms with Crippen LogP contribution in [0.2, 0.25) is 0 Å². The van der Waals surface area contributed by atoms with Gasteiger partial charge in [-0.25, -0.2) is 0 Å². The highest BCUT2D eigenvalue weighted by Crippen LogP contribution is 2.18. The molecule has 4 nitrogen and oxygen atoms in total. The molecule has 1 fully saturated rings. The first kappa shape index (κ1) is 11.0. The fourth-order valence-corrected chi connectivity index (χ4v) is 1.66. The van der Waals surface area contributed by atoms with E-state index in [-0.39, 0.29) is 11.0 Å². The molecule has 1 atom stereocenters. The smallest absolute Gasteiger partial charge is 0.250 e. The van der Waals surface area contributed by atoms with Crippen LogP contribution in [-0.2, 0) is 4.74 Å². The number of hydrogen-bond acceptors (Lipinski definition) is 3. The molecular weight excluding hydrogens is 182 g/mol. The fourth-order valence-electron chi connectivity index (χ4n) is 1.66. The minimum Gasteiger partial charge on any atom is -0.418 e. The highest BCUT2D eigenvalue weighted by molar-refractivity contribution is 5.84. The summed E-state index contributed by atoms with van der Waals surface area (Å²) in [5, 5.41) is 19.6. The molecule has 4 heteroatoms. The molecule has 0 aromatic heterocycles. The van der Waals surface area contributed by atoms with E-state index < -0.39 is 0 Å². The van der Waals surface area contributed by atoms with Gasteiger partial charge in [0.2, 0.25) is 5.71 Å². The lowest BCUT2D eigenvalue weighted by Crippen LogP contribution is -2.33. The maximum Gasteiger partial charge on any atom is 0.250 e. The SMILES string of the molecule is C=CCCOC1CCCC/C1=[N+](\[O-])O. The van der Waals surface area contributed by atoms with Gasteiger partial charge in [-0.15, -0.1) is 6.58 Å². The Morgan fingerprint density at radius 3 is 3.07 bits per heavy atom. The summed E-state index contributed by atoms with van der Waals surface area (Å²) in [6.45, 7) is 4.15. The van der Waals surface area contributed by atoms with Gasteiger partial charge in [0.25, 0.3) is 0 Å². The van der Waals surface area contributed by atoms with Crippen LogP contribution in [0.4, 0.5) is 0 Å². The standard InChI is InChI=1S/C10H17NO3/c1-2-3-8-14-10-7-5-4-6-9(10)11(12)13/h2,10H,1,3-8H2,(H,12,13). The molecule has 1 saturated carbocycles. The predicted octanol–water partition coefficient (Wildman–Crippen LogP) is 1.86. The topological polar surface area (TPSA) is 55.5 Å². The van der Waals surface area contributed by atoms with Crippen LogP contribution >= 0.6 is 0 Å². The summed E-state index contributed by atoms with van der Waals surface area (Å²) in [6, 6.07) is 0. The summed E-state index contributed by atoms with van der Waals surface area (Å²) < 4.78 is 5.49. The van der Waals surface area contributed by atoms with E-state index in [1.54, 1.807) is 6.08 Å². The third-order valence-corrected chi connectivity index (χ3v) is 2.41. The molecule has 14 heavy (non-hydrogen) atoms. The van der Waals surface area contributed by atoms with Gasteiger partial charge in [-0.05, 0) is 25.7 Å². The second-order valence-corrected chi connectivity index (χ2v) is 3.45. The molecule has 0 aromatic carbocycles. The van der Waals surface area contributed by atoms with Crippen LogP contribution in [0.5, 0.6) is 0 Å². The lowest BCUT2D eigenvalue weighted by Gasteiger charge is -2.20. The molecule has 1 rings (SSSR count). The maximum absolute atomic E-state index is 10.8. The second kappa shape index (κ2) is 5.65. The van der Waals surface area contributed by atoms with Gasteiger partial charge in [-0.1, -0.05) is 6.08 Å². The van der Waals surface area contributed by atoms with Crippen LogP contribution < -0.4 is 0 Å². The van der Waals surface area contributed by atoms with Crippen molar-refractivity contribution in [1.82, 2.24) is 0 Å². The quantitative estimate of drug-likeness (QED) is 0.247. The van der Waals surface area contributed by atoms with Crippen molar-refractivity contribution in [2.24, 2.45) is 0 Å². The van der Waals surface area contributed by atoms with Crippen molar-refractivity contribution in [3.63, 3.8) is 0 Å².